The Morgan fingerprint density at radius 3 is 2.55 bits per heavy atom. The van der Waals surface area contributed by atoms with Crippen LogP contribution in [0, 0.1) is 6.92 Å². The third-order valence-electron chi connectivity index (χ3n) is 5.54. The highest BCUT2D eigenvalue weighted by Gasteiger charge is 2.41. The molecule has 0 saturated carbocycles. The number of carbonyl (C=O) groups is 4. The molecule has 0 radical (unpaired) electrons. The summed E-state index contributed by atoms with van der Waals surface area (Å²) in [6.07, 6.45) is 0.868. The highest BCUT2D eigenvalue weighted by Crippen LogP contribution is 2.37. The Balaban J connectivity index is 1.66. The Morgan fingerprint density at radius 2 is 1.85 bits per heavy atom. The topological polar surface area (TPSA) is 125 Å². The highest BCUT2D eigenvalue weighted by molar-refractivity contribution is 5.95. The van der Waals surface area contributed by atoms with Gasteiger partial charge in [0.05, 0.1) is 24.8 Å². The monoisotopic (exact) mass is 453 g/mol. The Morgan fingerprint density at radius 1 is 1.09 bits per heavy atom. The molecule has 1 aliphatic heterocycles. The molecule has 174 valence electrons. The average molecular weight is 453 g/mol. The van der Waals surface area contributed by atoms with Crippen LogP contribution in [-0.2, 0) is 14.3 Å². The van der Waals surface area contributed by atoms with Crippen molar-refractivity contribution in [2.75, 3.05) is 18.5 Å². The number of aryl methyl sites for hydroxylation is 1. The van der Waals surface area contributed by atoms with Gasteiger partial charge in [-0.3, -0.25) is 4.79 Å². The van der Waals surface area contributed by atoms with Gasteiger partial charge in [0.25, 0.3) is 0 Å². The molecule has 0 spiro atoms. The lowest BCUT2D eigenvalue weighted by atomic mass is 9.99. The third-order valence-corrected chi connectivity index (χ3v) is 5.54. The fraction of sp³-hybridized carbons (Fsp3) is 0.333. The molecule has 0 bridgehead atoms. The molecule has 1 heterocycles. The highest BCUT2D eigenvalue weighted by atomic mass is 16.5. The fourth-order valence-corrected chi connectivity index (χ4v) is 4.03. The number of hydrogen-bond acceptors (Lipinski definition) is 5. The summed E-state index contributed by atoms with van der Waals surface area (Å²) in [4.78, 5) is 50.3. The van der Waals surface area contributed by atoms with Crippen molar-refractivity contribution in [1.29, 1.82) is 0 Å². The lowest BCUT2D eigenvalue weighted by Gasteiger charge is -2.29. The lowest BCUT2D eigenvalue weighted by molar-refractivity contribution is -0.149. The molecule has 2 atom stereocenters. The summed E-state index contributed by atoms with van der Waals surface area (Å²) in [6, 6.07) is 11.8. The molecule has 33 heavy (non-hydrogen) atoms. The maximum atomic E-state index is 13.0. The van der Waals surface area contributed by atoms with Gasteiger partial charge >= 0.3 is 18.0 Å². The standard InChI is InChI=1S/C24H27N3O6/c1-3-33-23(31)16-8-6-9-17(13-16)26-24(32)25-14-21(28)27-19(11-12-20(27)22(29)30)18-10-5-4-7-15(18)2/h4-10,13,19-20H,3,11-12,14H2,1-2H3,(H,29,30)(H2,25,26,32)/t19-,20-/m1/s1. The van der Waals surface area contributed by atoms with Crippen molar-refractivity contribution in [3.05, 3.63) is 65.2 Å². The van der Waals surface area contributed by atoms with E-state index >= 15 is 0 Å². The lowest BCUT2D eigenvalue weighted by Crippen LogP contribution is -2.47. The summed E-state index contributed by atoms with van der Waals surface area (Å²) in [5.74, 6) is -2.06. The zero-order valence-electron chi connectivity index (χ0n) is 18.5. The number of carboxylic acid groups (broad SMARTS) is 1. The maximum absolute atomic E-state index is 13.0. The molecule has 0 aliphatic carbocycles. The van der Waals surface area contributed by atoms with Gasteiger partial charge in [0.15, 0.2) is 0 Å². The summed E-state index contributed by atoms with van der Waals surface area (Å²) in [7, 11) is 0. The zero-order valence-corrected chi connectivity index (χ0v) is 18.5. The van der Waals surface area contributed by atoms with Crippen LogP contribution >= 0.6 is 0 Å². The smallest absolute Gasteiger partial charge is 0.338 e. The number of esters is 1. The number of carboxylic acids is 1. The van der Waals surface area contributed by atoms with E-state index in [0.29, 0.717) is 18.5 Å². The molecule has 1 saturated heterocycles. The number of likely N-dealkylation sites (tertiary alicyclic amines) is 1. The average Bonchev–Trinajstić information content (AvgIpc) is 3.23. The summed E-state index contributed by atoms with van der Waals surface area (Å²) in [5.41, 5.74) is 2.51. The van der Waals surface area contributed by atoms with Crippen molar-refractivity contribution in [3.63, 3.8) is 0 Å². The van der Waals surface area contributed by atoms with E-state index < -0.39 is 29.9 Å². The molecule has 0 unspecified atom stereocenters. The van der Waals surface area contributed by atoms with Gasteiger partial charge in [-0.05, 0) is 56.0 Å². The van der Waals surface area contributed by atoms with E-state index in [1.165, 1.54) is 11.0 Å². The van der Waals surface area contributed by atoms with E-state index in [-0.39, 0.29) is 24.8 Å². The number of benzene rings is 2. The molecule has 9 nitrogen and oxygen atoms in total. The second-order valence-corrected chi connectivity index (χ2v) is 7.71. The van der Waals surface area contributed by atoms with Crippen LogP contribution in [0.1, 0.15) is 47.3 Å². The van der Waals surface area contributed by atoms with Crippen molar-refractivity contribution in [2.24, 2.45) is 0 Å². The van der Waals surface area contributed by atoms with E-state index in [0.717, 1.165) is 11.1 Å². The van der Waals surface area contributed by atoms with Gasteiger partial charge in [-0.2, -0.15) is 0 Å². The number of nitrogens with one attached hydrogen (secondary N) is 2. The minimum absolute atomic E-state index is 0.233. The SMILES string of the molecule is CCOC(=O)c1cccc(NC(=O)NCC(=O)N2[C@@H](C(=O)O)CC[C@@H]2c2ccccc2C)c1. The summed E-state index contributed by atoms with van der Waals surface area (Å²) in [5, 5.41) is 14.7. The Bertz CT molecular complexity index is 1050. The van der Waals surface area contributed by atoms with Crippen molar-refractivity contribution >= 4 is 29.6 Å². The van der Waals surface area contributed by atoms with Crippen LogP contribution in [-0.4, -0.2) is 53.1 Å². The van der Waals surface area contributed by atoms with Crippen LogP contribution in [0.5, 0.6) is 0 Å². The van der Waals surface area contributed by atoms with Gasteiger partial charge < -0.3 is 25.4 Å². The van der Waals surface area contributed by atoms with Gasteiger partial charge in [-0.25, -0.2) is 14.4 Å². The van der Waals surface area contributed by atoms with Crippen molar-refractivity contribution in [3.8, 4) is 0 Å². The van der Waals surface area contributed by atoms with E-state index in [1.54, 1.807) is 25.1 Å². The van der Waals surface area contributed by atoms with E-state index in [2.05, 4.69) is 10.6 Å². The molecule has 1 aliphatic rings. The number of ether oxygens (including phenoxy) is 1. The predicted octanol–water partition coefficient (Wildman–Crippen LogP) is 3.11. The van der Waals surface area contributed by atoms with Crippen molar-refractivity contribution < 1.29 is 29.0 Å². The zero-order chi connectivity index (χ0) is 24.0. The van der Waals surface area contributed by atoms with Gasteiger partial charge in [0.2, 0.25) is 5.91 Å². The van der Waals surface area contributed by atoms with Crippen LogP contribution < -0.4 is 10.6 Å². The molecule has 9 heteroatoms. The number of rotatable bonds is 7. The van der Waals surface area contributed by atoms with Crippen LogP contribution in [0.25, 0.3) is 0 Å². The maximum Gasteiger partial charge on any atom is 0.338 e. The number of hydrogen-bond donors (Lipinski definition) is 3. The van der Waals surface area contributed by atoms with Gasteiger partial charge in [-0.1, -0.05) is 30.3 Å². The first kappa shape index (κ1) is 23.8. The first-order valence-electron chi connectivity index (χ1n) is 10.7. The number of amides is 3. The van der Waals surface area contributed by atoms with Crippen LogP contribution in [0.4, 0.5) is 10.5 Å². The minimum Gasteiger partial charge on any atom is -0.480 e. The quantitative estimate of drug-likeness (QED) is 0.553. The molecular formula is C24H27N3O6. The first-order valence-corrected chi connectivity index (χ1v) is 10.7. The molecule has 0 aromatic heterocycles. The van der Waals surface area contributed by atoms with Crippen molar-refractivity contribution in [2.45, 2.75) is 38.8 Å². The Hall–Kier alpha value is -3.88. The molecule has 3 rings (SSSR count). The second-order valence-electron chi connectivity index (χ2n) is 7.71. The van der Waals surface area contributed by atoms with E-state index in [4.69, 9.17) is 4.74 Å². The molecule has 2 aromatic rings. The largest absolute Gasteiger partial charge is 0.480 e. The summed E-state index contributed by atoms with van der Waals surface area (Å²) >= 11 is 0. The number of anilines is 1. The molecular weight excluding hydrogens is 426 g/mol. The number of aliphatic carboxylic acids is 1. The summed E-state index contributed by atoms with van der Waals surface area (Å²) < 4.78 is 4.94. The van der Waals surface area contributed by atoms with Crippen LogP contribution in [0.15, 0.2) is 48.5 Å². The van der Waals surface area contributed by atoms with E-state index in [9.17, 15) is 24.3 Å². The molecule has 1 fully saturated rings. The molecule has 2 aromatic carbocycles. The molecule has 3 N–H and O–H groups in total. The van der Waals surface area contributed by atoms with Gasteiger partial charge in [0.1, 0.15) is 6.04 Å². The fourth-order valence-electron chi connectivity index (χ4n) is 4.03. The normalized spacial score (nSPS) is 17.3. The number of carbonyl (C=O) groups excluding carboxylic acids is 3. The van der Waals surface area contributed by atoms with Gasteiger partial charge in [0, 0.05) is 5.69 Å². The number of urea groups is 1. The van der Waals surface area contributed by atoms with Crippen molar-refractivity contribution in [1.82, 2.24) is 10.2 Å². The van der Waals surface area contributed by atoms with Gasteiger partial charge in [-0.15, -0.1) is 0 Å². The predicted molar refractivity (Wildman–Crippen MR) is 121 cm³/mol. The first-order chi connectivity index (χ1) is 15.8. The van der Waals surface area contributed by atoms with Crippen LogP contribution in [0.2, 0.25) is 0 Å². The summed E-state index contributed by atoms with van der Waals surface area (Å²) in [6.45, 7) is 3.48. The van der Waals surface area contributed by atoms with Crippen LogP contribution in [0.3, 0.4) is 0 Å². The third kappa shape index (κ3) is 5.68. The number of nitrogens with zero attached hydrogens (tertiary/aromatic N) is 1. The minimum atomic E-state index is -1.07. The Kier molecular flexibility index (Phi) is 7.66. The molecule has 3 amide bonds. The Labute approximate surface area is 191 Å². The second kappa shape index (κ2) is 10.6. The van der Waals surface area contributed by atoms with E-state index in [1.807, 2.05) is 31.2 Å².